The van der Waals surface area contributed by atoms with Gasteiger partial charge in [0.15, 0.2) is 0 Å². The second-order valence-electron chi connectivity index (χ2n) is 3.44. The van der Waals surface area contributed by atoms with Gasteiger partial charge in [-0.2, -0.15) is 13.2 Å². The maximum atomic E-state index is 12.2. The first-order valence-electron chi connectivity index (χ1n) is 3.83. The number of hydrogen-bond acceptors (Lipinski definition) is 2. The summed E-state index contributed by atoms with van der Waals surface area (Å²) in [6, 6.07) is 0. The van der Waals surface area contributed by atoms with Crippen LogP contribution in [0.1, 0.15) is 13.8 Å². The lowest BCUT2D eigenvalue weighted by Gasteiger charge is -2.28. The number of halogens is 3. The second kappa shape index (κ2) is 2.83. The summed E-state index contributed by atoms with van der Waals surface area (Å²) in [5.74, 6) is 0. The van der Waals surface area contributed by atoms with E-state index in [1.807, 2.05) is 0 Å². The van der Waals surface area contributed by atoms with Crippen LogP contribution in [0.15, 0.2) is 16.6 Å². The summed E-state index contributed by atoms with van der Waals surface area (Å²) in [7, 11) is 0. The number of allylic oxidation sites excluding steroid dienone is 1. The largest absolute Gasteiger partial charge is 0.432 e. The minimum absolute atomic E-state index is 0.00975. The van der Waals surface area contributed by atoms with Crippen molar-refractivity contribution in [2.24, 2.45) is 10.7 Å². The van der Waals surface area contributed by atoms with Crippen molar-refractivity contribution in [1.82, 2.24) is 0 Å². The quantitative estimate of drug-likeness (QED) is 0.622. The fraction of sp³-hybridized carbons (Fsp3) is 0.625. The lowest BCUT2D eigenvalue weighted by Crippen LogP contribution is -2.44. The highest BCUT2D eigenvalue weighted by molar-refractivity contribution is 6.00. The van der Waals surface area contributed by atoms with Crippen molar-refractivity contribution in [2.45, 2.75) is 25.6 Å². The predicted molar refractivity (Wildman–Crippen MR) is 44.7 cm³/mol. The summed E-state index contributed by atoms with van der Waals surface area (Å²) in [6.45, 7) is 3.24. The van der Waals surface area contributed by atoms with E-state index >= 15 is 0 Å². The van der Waals surface area contributed by atoms with Gasteiger partial charge in [0.25, 0.3) is 0 Å². The monoisotopic (exact) mass is 192 g/mol. The topological polar surface area (TPSA) is 38.4 Å². The summed E-state index contributed by atoms with van der Waals surface area (Å²) in [4.78, 5) is 3.39. The average Bonchev–Trinajstić information content (AvgIpc) is 1.92. The molecule has 74 valence electrons. The van der Waals surface area contributed by atoms with E-state index in [2.05, 4.69) is 4.99 Å². The number of nitrogens with zero attached hydrogens (tertiary/aromatic N) is 1. The predicted octanol–water partition coefficient (Wildman–Crippen LogP) is 1.67. The van der Waals surface area contributed by atoms with Gasteiger partial charge in [-0.3, -0.25) is 4.99 Å². The van der Waals surface area contributed by atoms with Crippen LogP contribution in [-0.4, -0.2) is 24.0 Å². The van der Waals surface area contributed by atoms with Crippen molar-refractivity contribution >= 4 is 5.71 Å². The molecule has 13 heavy (non-hydrogen) atoms. The standard InChI is InChI=1S/C8H11F3N2/c1-5-3-6(8(9,10)11)13-4-7(5,2)12/h3H,4,12H2,1-2H3. The third-order valence-electron chi connectivity index (χ3n) is 2.12. The van der Waals surface area contributed by atoms with E-state index in [4.69, 9.17) is 5.73 Å². The van der Waals surface area contributed by atoms with E-state index in [0.29, 0.717) is 5.57 Å². The molecule has 5 heteroatoms. The van der Waals surface area contributed by atoms with Gasteiger partial charge in [0.1, 0.15) is 5.71 Å². The zero-order chi connectivity index (χ0) is 10.3. The maximum absolute atomic E-state index is 12.2. The van der Waals surface area contributed by atoms with Gasteiger partial charge < -0.3 is 5.73 Å². The molecule has 1 atom stereocenters. The molecule has 0 amide bonds. The van der Waals surface area contributed by atoms with Crippen molar-refractivity contribution in [2.75, 3.05) is 6.54 Å². The van der Waals surface area contributed by atoms with Crippen LogP contribution in [0.2, 0.25) is 0 Å². The van der Waals surface area contributed by atoms with Gasteiger partial charge in [0.05, 0.1) is 12.1 Å². The molecule has 0 saturated heterocycles. The smallest absolute Gasteiger partial charge is 0.320 e. The number of nitrogens with two attached hydrogens (primary N) is 1. The molecule has 1 rings (SSSR count). The van der Waals surface area contributed by atoms with Gasteiger partial charge in [-0.25, -0.2) is 0 Å². The van der Waals surface area contributed by atoms with Gasteiger partial charge in [-0.15, -0.1) is 0 Å². The molecule has 0 aromatic carbocycles. The Bertz CT molecular complexity index is 274. The molecule has 0 aliphatic carbocycles. The van der Waals surface area contributed by atoms with Crippen LogP contribution in [-0.2, 0) is 0 Å². The molecular weight excluding hydrogens is 181 g/mol. The minimum atomic E-state index is -4.36. The van der Waals surface area contributed by atoms with E-state index in [9.17, 15) is 13.2 Å². The average molecular weight is 192 g/mol. The molecule has 0 fully saturated rings. The first-order chi connectivity index (χ1) is 5.73. The van der Waals surface area contributed by atoms with E-state index < -0.39 is 17.4 Å². The SMILES string of the molecule is CC1=CC(C(F)(F)F)=NCC1(C)N. The van der Waals surface area contributed by atoms with Crippen LogP contribution in [0, 0.1) is 0 Å². The number of dihydropyridines is 1. The molecule has 1 heterocycles. The molecule has 0 bridgehead atoms. The second-order valence-corrected chi connectivity index (χ2v) is 3.44. The third kappa shape index (κ3) is 2.09. The molecule has 0 aromatic rings. The maximum Gasteiger partial charge on any atom is 0.432 e. The van der Waals surface area contributed by atoms with Gasteiger partial charge in [0, 0.05) is 0 Å². The molecule has 0 radical (unpaired) electrons. The van der Waals surface area contributed by atoms with Crippen LogP contribution >= 0.6 is 0 Å². The van der Waals surface area contributed by atoms with Crippen molar-refractivity contribution in [3.8, 4) is 0 Å². The lowest BCUT2D eigenvalue weighted by atomic mass is 9.91. The van der Waals surface area contributed by atoms with Crippen molar-refractivity contribution in [3.63, 3.8) is 0 Å². The Morgan fingerprint density at radius 1 is 1.54 bits per heavy atom. The normalized spacial score (nSPS) is 29.7. The number of rotatable bonds is 0. The summed E-state index contributed by atoms with van der Waals surface area (Å²) in [5.41, 5.74) is 4.61. The fourth-order valence-corrected chi connectivity index (χ4v) is 0.961. The Kier molecular flexibility index (Phi) is 2.23. The van der Waals surface area contributed by atoms with Crippen LogP contribution in [0.25, 0.3) is 0 Å². The zero-order valence-corrected chi connectivity index (χ0v) is 7.44. The highest BCUT2D eigenvalue weighted by atomic mass is 19.4. The summed E-state index contributed by atoms with van der Waals surface area (Å²) >= 11 is 0. The van der Waals surface area contributed by atoms with Crippen molar-refractivity contribution < 1.29 is 13.2 Å². The number of aliphatic imine (C=N–C) groups is 1. The first-order valence-corrected chi connectivity index (χ1v) is 3.83. The Hall–Kier alpha value is -0.840. The van der Waals surface area contributed by atoms with E-state index in [-0.39, 0.29) is 6.54 Å². The van der Waals surface area contributed by atoms with Gasteiger partial charge in [0.2, 0.25) is 0 Å². The van der Waals surface area contributed by atoms with Crippen LogP contribution < -0.4 is 5.73 Å². The number of alkyl halides is 3. The first kappa shape index (κ1) is 10.2. The molecule has 0 saturated carbocycles. The Balaban J connectivity index is 2.95. The Morgan fingerprint density at radius 2 is 2.08 bits per heavy atom. The van der Waals surface area contributed by atoms with E-state index in [1.54, 1.807) is 13.8 Å². The van der Waals surface area contributed by atoms with Crippen molar-refractivity contribution in [1.29, 1.82) is 0 Å². The van der Waals surface area contributed by atoms with Crippen LogP contribution in [0.5, 0.6) is 0 Å². The van der Waals surface area contributed by atoms with Crippen molar-refractivity contribution in [3.05, 3.63) is 11.6 Å². The molecule has 2 N–H and O–H groups in total. The summed E-state index contributed by atoms with van der Waals surface area (Å²) < 4.78 is 36.5. The van der Waals surface area contributed by atoms with Crippen LogP contribution in [0.3, 0.4) is 0 Å². The minimum Gasteiger partial charge on any atom is -0.320 e. The Labute approximate surface area is 74.3 Å². The lowest BCUT2D eigenvalue weighted by molar-refractivity contribution is -0.0581. The van der Waals surface area contributed by atoms with Crippen LogP contribution in [0.4, 0.5) is 13.2 Å². The highest BCUT2D eigenvalue weighted by Gasteiger charge is 2.37. The zero-order valence-electron chi connectivity index (χ0n) is 7.44. The van der Waals surface area contributed by atoms with Gasteiger partial charge >= 0.3 is 6.18 Å². The molecule has 0 aromatic heterocycles. The van der Waals surface area contributed by atoms with E-state index in [1.165, 1.54) is 0 Å². The third-order valence-corrected chi connectivity index (χ3v) is 2.12. The Morgan fingerprint density at radius 3 is 2.46 bits per heavy atom. The van der Waals surface area contributed by atoms with Gasteiger partial charge in [-0.1, -0.05) is 0 Å². The molecular formula is C8H11F3N2. The fourth-order valence-electron chi connectivity index (χ4n) is 0.961. The molecule has 1 unspecified atom stereocenters. The highest BCUT2D eigenvalue weighted by Crippen LogP contribution is 2.25. The molecule has 2 nitrogen and oxygen atoms in total. The van der Waals surface area contributed by atoms with E-state index in [0.717, 1.165) is 6.08 Å². The number of hydrogen-bond donors (Lipinski definition) is 1. The molecule has 0 spiro atoms. The summed E-state index contributed by atoms with van der Waals surface area (Å²) in [6.07, 6.45) is -3.36. The molecule has 1 aliphatic rings. The molecule has 1 aliphatic heterocycles. The summed E-state index contributed by atoms with van der Waals surface area (Å²) in [5, 5.41) is 0. The van der Waals surface area contributed by atoms with Gasteiger partial charge in [-0.05, 0) is 25.5 Å².